The average Bonchev–Trinajstić information content (AvgIpc) is 2.80. The number of amides is 1. The van der Waals surface area contributed by atoms with Crippen molar-refractivity contribution in [2.24, 2.45) is 5.73 Å². The number of hydrogen-bond donors (Lipinski definition) is 3. The molecule has 4 N–H and O–H groups in total. The highest BCUT2D eigenvalue weighted by Crippen LogP contribution is 2.13. The van der Waals surface area contributed by atoms with E-state index in [4.69, 9.17) is 10.5 Å². The lowest BCUT2D eigenvalue weighted by molar-refractivity contribution is -0.122. The van der Waals surface area contributed by atoms with Crippen molar-refractivity contribution in [3.05, 3.63) is 36.0 Å². The molecule has 2 aromatic rings. The second-order valence-corrected chi connectivity index (χ2v) is 4.09. The zero-order chi connectivity index (χ0) is 12.8. The zero-order valence-electron chi connectivity index (χ0n) is 10.1. The summed E-state index contributed by atoms with van der Waals surface area (Å²) in [5.74, 6) is -0.438. The van der Waals surface area contributed by atoms with E-state index in [-0.39, 0.29) is 6.61 Å². The minimum atomic E-state index is -0.438. The van der Waals surface area contributed by atoms with E-state index in [0.717, 1.165) is 12.1 Å². The third-order valence-corrected chi connectivity index (χ3v) is 2.62. The molecular weight excluding hydrogens is 230 g/mol. The molecule has 0 unspecified atom stereocenters. The molecule has 0 atom stereocenters. The first-order chi connectivity index (χ1) is 8.75. The number of aromatic amines is 1. The number of primary amides is 1. The second-order valence-electron chi connectivity index (χ2n) is 4.09. The molecule has 2 rings (SSSR count). The molecule has 96 valence electrons. The van der Waals surface area contributed by atoms with Crippen molar-refractivity contribution in [1.82, 2.24) is 10.3 Å². The highest BCUT2D eigenvalue weighted by Gasteiger charge is 1.97. The molecule has 0 aliphatic carbocycles. The molecule has 1 heterocycles. The molecule has 0 spiro atoms. The number of aromatic nitrogens is 1. The summed E-state index contributed by atoms with van der Waals surface area (Å²) < 4.78 is 5.05. The van der Waals surface area contributed by atoms with Crippen molar-refractivity contribution in [1.29, 1.82) is 0 Å². The summed E-state index contributed by atoms with van der Waals surface area (Å²) in [6.45, 7) is 1.93. The summed E-state index contributed by atoms with van der Waals surface area (Å²) in [5.41, 5.74) is 7.30. The lowest BCUT2D eigenvalue weighted by atomic mass is 10.1. The fourth-order valence-corrected chi connectivity index (χ4v) is 1.75. The van der Waals surface area contributed by atoms with Gasteiger partial charge in [0.05, 0.1) is 6.61 Å². The van der Waals surface area contributed by atoms with Gasteiger partial charge in [-0.15, -0.1) is 0 Å². The largest absolute Gasteiger partial charge is 0.370 e. The zero-order valence-corrected chi connectivity index (χ0v) is 10.1. The molecule has 0 fully saturated rings. The molecule has 5 nitrogen and oxygen atoms in total. The fraction of sp³-hybridized carbons (Fsp3) is 0.308. The first-order valence-electron chi connectivity index (χ1n) is 5.88. The monoisotopic (exact) mass is 247 g/mol. The third kappa shape index (κ3) is 3.58. The molecule has 0 radical (unpaired) electrons. The number of fused-ring (bicyclic) bond motifs is 1. The van der Waals surface area contributed by atoms with Crippen LogP contribution in [0.3, 0.4) is 0 Å². The van der Waals surface area contributed by atoms with E-state index in [9.17, 15) is 4.79 Å². The summed E-state index contributed by atoms with van der Waals surface area (Å²) in [5, 5.41) is 4.45. The number of nitrogens with one attached hydrogen (secondary N) is 2. The van der Waals surface area contributed by atoms with Crippen LogP contribution in [0.15, 0.2) is 30.5 Å². The van der Waals surface area contributed by atoms with Crippen molar-refractivity contribution in [3.63, 3.8) is 0 Å². The van der Waals surface area contributed by atoms with Gasteiger partial charge in [0.1, 0.15) is 6.61 Å². The third-order valence-electron chi connectivity index (χ3n) is 2.62. The van der Waals surface area contributed by atoms with Crippen LogP contribution in [0.2, 0.25) is 0 Å². The van der Waals surface area contributed by atoms with Gasteiger partial charge < -0.3 is 20.8 Å². The van der Waals surface area contributed by atoms with Crippen LogP contribution in [0.25, 0.3) is 10.9 Å². The van der Waals surface area contributed by atoms with Gasteiger partial charge in [-0.05, 0) is 23.1 Å². The van der Waals surface area contributed by atoms with E-state index in [1.165, 1.54) is 10.9 Å². The van der Waals surface area contributed by atoms with Crippen LogP contribution in [0.4, 0.5) is 0 Å². The smallest absolute Gasteiger partial charge is 0.243 e. The summed E-state index contributed by atoms with van der Waals surface area (Å²) in [6.07, 6.45) is 1.93. The second kappa shape index (κ2) is 6.18. The van der Waals surface area contributed by atoms with Crippen LogP contribution in [0.1, 0.15) is 5.56 Å². The minimum Gasteiger partial charge on any atom is -0.370 e. The number of ether oxygens (including phenoxy) is 1. The lowest BCUT2D eigenvalue weighted by Gasteiger charge is -2.05. The molecule has 0 saturated carbocycles. The van der Waals surface area contributed by atoms with Crippen LogP contribution in [-0.4, -0.2) is 30.6 Å². The van der Waals surface area contributed by atoms with E-state index in [1.54, 1.807) is 0 Å². The Hall–Kier alpha value is -1.85. The van der Waals surface area contributed by atoms with E-state index in [1.807, 2.05) is 12.3 Å². The summed E-state index contributed by atoms with van der Waals surface area (Å²) >= 11 is 0. The molecule has 0 aliphatic rings. The highest BCUT2D eigenvalue weighted by molar-refractivity contribution is 5.79. The van der Waals surface area contributed by atoms with Crippen LogP contribution < -0.4 is 11.1 Å². The number of carbonyl (C=O) groups is 1. The quantitative estimate of drug-likeness (QED) is 0.632. The van der Waals surface area contributed by atoms with Crippen LogP contribution in [0.5, 0.6) is 0 Å². The van der Waals surface area contributed by atoms with E-state index < -0.39 is 5.91 Å². The molecule has 0 saturated heterocycles. The standard InChI is InChI=1S/C13H17N3O2/c14-13(17)9-18-6-5-15-8-10-1-2-11-3-4-16-12(11)7-10/h1-4,7,15-16H,5-6,8-9H2,(H2,14,17). The van der Waals surface area contributed by atoms with Gasteiger partial charge in [0, 0.05) is 24.8 Å². The Morgan fingerprint density at radius 1 is 1.39 bits per heavy atom. The average molecular weight is 247 g/mol. The van der Waals surface area contributed by atoms with Gasteiger partial charge in [0.2, 0.25) is 5.91 Å². The van der Waals surface area contributed by atoms with Gasteiger partial charge in [0.25, 0.3) is 0 Å². The summed E-state index contributed by atoms with van der Waals surface area (Å²) in [4.78, 5) is 13.6. The number of nitrogens with two attached hydrogens (primary N) is 1. The maximum atomic E-state index is 10.4. The van der Waals surface area contributed by atoms with Gasteiger partial charge >= 0.3 is 0 Å². The Morgan fingerprint density at radius 3 is 3.11 bits per heavy atom. The summed E-state index contributed by atoms with van der Waals surface area (Å²) in [6, 6.07) is 8.34. The van der Waals surface area contributed by atoms with Gasteiger partial charge in [-0.2, -0.15) is 0 Å². The minimum absolute atomic E-state index is 0.0177. The van der Waals surface area contributed by atoms with Crippen molar-refractivity contribution < 1.29 is 9.53 Å². The van der Waals surface area contributed by atoms with Crippen LogP contribution in [0, 0.1) is 0 Å². The molecule has 0 aliphatic heterocycles. The maximum Gasteiger partial charge on any atom is 0.243 e. The molecule has 1 aromatic heterocycles. The molecule has 1 amide bonds. The number of hydrogen-bond acceptors (Lipinski definition) is 3. The highest BCUT2D eigenvalue weighted by atomic mass is 16.5. The number of rotatable bonds is 7. The maximum absolute atomic E-state index is 10.4. The predicted molar refractivity (Wildman–Crippen MR) is 70.0 cm³/mol. The number of benzene rings is 1. The topological polar surface area (TPSA) is 80.1 Å². The molecule has 5 heteroatoms. The van der Waals surface area contributed by atoms with E-state index >= 15 is 0 Å². The summed E-state index contributed by atoms with van der Waals surface area (Å²) in [7, 11) is 0. The Balaban J connectivity index is 1.71. The fourth-order valence-electron chi connectivity index (χ4n) is 1.75. The van der Waals surface area contributed by atoms with Gasteiger partial charge in [-0.3, -0.25) is 4.79 Å². The number of carbonyl (C=O) groups excluding carboxylic acids is 1. The van der Waals surface area contributed by atoms with E-state index in [2.05, 4.69) is 28.5 Å². The van der Waals surface area contributed by atoms with Gasteiger partial charge in [0.15, 0.2) is 0 Å². The normalized spacial score (nSPS) is 10.9. The Labute approximate surface area is 105 Å². The Bertz CT molecular complexity index is 522. The Kier molecular flexibility index (Phi) is 4.33. The van der Waals surface area contributed by atoms with Crippen molar-refractivity contribution in [3.8, 4) is 0 Å². The molecule has 18 heavy (non-hydrogen) atoms. The number of H-pyrrole nitrogens is 1. The molecule has 1 aromatic carbocycles. The lowest BCUT2D eigenvalue weighted by Crippen LogP contribution is -2.23. The first kappa shape index (κ1) is 12.6. The molecule has 0 bridgehead atoms. The van der Waals surface area contributed by atoms with Crippen molar-refractivity contribution in [2.45, 2.75) is 6.54 Å². The van der Waals surface area contributed by atoms with Gasteiger partial charge in [-0.1, -0.05) is 12.1 Å². The van der Waals surface area contributed by atoms with Crippen LogP contribution in [-0.2, 0) is 16.1 Å². The molecular formula is C13H17N3O2. The van der Waals surface area contributed by atoms with Crippen LogP contribution >= 0.6 is 0 Å². The SMILES string of the molecule is NC(=O)COCCNCc1ccc2cc[nH]c2c1. The van der Waals surface area contributed by atoms with Gasteiger partial charge in [-0.25, -0.2) is 0 Å². The van der Waals surface area contributed by atoms with Crippen molar-refractivity contribution >= 4 is 16.8 Å². The first-order valence-corrected chi connectivity index (χ1v) is 5.88. The van der Waals surface area contributed by atoms with E-state index in [0.29, 0.717) is 13.2 Å². The predicted octanol–water partition coefficient (Wildman–Crippen LogP) is 0.759. The Morgan fingerprint density at radius 2 is 2.28 bits per heavy atom. The van der Waals surface area contributed by atoms with Crippen molar-refractivity contribution in [2.75, 3.05) is 19.8 Å².